The second-order valence-corrected chi connectivity index (χ2v) is 8.46. The Morgan fingerprint density at radius 2 is 2.00 bits per heavy atom. The van der Waals surface area contributed by atoms with Crippen LogP contribution in [0.1, 0.15) is 16.8 Å². The van der Waals surface area contributed by atoms with Crippen LogP contribution >= 0.6 is 0 Å². The van der Waals surface area contributed by atoms with Gasteiger partial charge in [0.05, 0.1) is 29.8 Å². The third-order valence-electron chi connectivity index (χ3n) is 4.96. The van der Waals surface area contributed by atoms with Crippen LogP contribution in [-0.4, -0.2) is 45.4 Å². The molecule has 1 aliphatic heterocycles. The van der Waals surface area contributed by atoms with Crippen molar-refractivity contribution >= 4 is 26.9 Å². The second kappa shape index (κ2) is 6.19. The minimum Gasteiger partial charge on any atom is -0.463 e. The monoisotopic (exact) mass is 378 g/mol. The average molecular weight is 378 g/mol. The van der Waals surface area contributed by atoms with Crippen molar-refractivity contribution in [2.75, 3.05) is 12.9 Å². The molecule has 2 aromatic rings. The van der Waals surface area contributed by atoms with Gasteiger partial charge in [0.15, 0.2) is 0 Å². The molecule has 2 heterocycles. The Hall–Kier alpha value is -2.23. The average Bonchev–Trinajstić information content (AvgIpc) is 3.02. The van der Waals surface area contributed by atoms with Crippen LogP contribution in [0.5, 0.6) is 0 Å². The normalized spacial score (nSPS) is 27.7. The quantitative estimate of drug-likeness (QED) is 0.787. The van der Waals surface area contributed by atoms with Gasteiger partial charge >= 0.3 is 0 Å². The minimum atomic E-state index is -3.45. The van der Waals surface area contributed by atoms with Crippen molar-refractivity contribution < 1.29 is 22.4 Å². The first kappa shape index (κ1) is 17.2. The van der Waals surface area contributed by atoms with Crippen LogP contribution in [0.3, 0.4) is 0 Å². The first-order valence-corrected chi connectivity index (χ1v) is 10.1. The number of ether oxygens (including phenoxy) is 1. The number of hydrogen-bond donors (Lipinski definition) is 2. The van der Waals surface area contributed by atoms with Crippen molar-refractivity contribution in [2.45, 2.75) is 24.6 Å². The summed E-state index contributed by atoms with van der Waals surface area (Å²) in [6.45, 7) is 0.516. The van der Waals surface area contributed by atoms with Gasteiger partial charge in [0.2, 0.25) is 15.5 Å². The van der Waals surface area contributed by atoms with Gasteiger partial charge in [-0.3, -0.25) is 9.59 Å². The van der Waals surface area contributed by atoms with Crippen LogP contribution in [0, 0.1) is 5.92 Å². The lowest BCUT2D eigenvalue weighted by Crippen LogP contribution is -2.70. The molecule has 1 aromatic carbocycles. The summed E-state index contributed by atoms with van der Waals surface area (Å²) < 4.78 is 36.6. The van der Waals surface area contributed by atoms with Gasteiger partial charge in [-0.25, -0.2) is 13.1 Å². The van der Waals surface area contributed by atoms with E-state index >= 15 is 0 Å². The summed E-state index contributed by atoms with van der Waals surface area (Å²) in [4.78, 5) is 25.2. The van der Waals surface area contributed by atoms with E-state index in [-0.39, 0.29) is 17.6 Å². The zero-order valence-corrected chi connectivity index (χ0v) is 14.8. The maximum Gasteiger partial charge on any atom is 0.258 e. The lowest BCUT2D eigenvalue weighted by atomic mass is 9.72. The summed E-state index contributed by atoms with van der Waals surface area (Å²) in [5.74, 6) is -0.564. The van der Waals surface area contributed by atoms with Crippen LogP contribution in [0.15, 0.2) is 39.7 Å². The number of para-hydroxylation sites is 1. The van der Waals surface area contributed by atoms with Gasteiger partial charge in [0.1, 0.15) is 17.4 Å². The fourth-order valence-electron chi connectivity index (χ4n) is 3.76. The summed E-state index contributed by atoms with van der Waals surface area (Å²) in [6.07, 6.45) is 2.67. The summed E-state index contributed by atoms with van der Waals surface area (Å²) in [5, 5.41) is 3.10. The molecule has 9 heteroatoms. The molecule has 1 amide bonds. The topological polar surface area (TPSA) is 115 Å². The van der Waals surface area contributed by atoms with Gasteiger partial charge in [-0.05, 0) is 18.6 Å². The summed E-state index contributed by atoms with van der Waals surface area (Å²) in [7, 11) is -3.45. The zero-order chi connectivity index (χ0) is 18.5. The molecule has 0 unspecified atom stereocenters. The highest BCUT2D eigenvalue weighted by atomic mass is 32.2. The maximum absolute atomic E-state index is 12.6. The Labute approximate surface area is 149 Å². The summed E-state index contributed by atoms with van der Waals surface area (Å²) >= 11 is 0. The van der Waals surface area contributed by atoms with Crippen LogP contribution in [0.2, 0.25) is 0 Å². The SMILES string of the molecule is CS(=O)(=O)N[C@@H]1[C@@H](NC(=O)c2coc3ccccc3c2=O)[C@H]2CCO[C@H]21. The first-order valence-electron chi connectivity index (χ1n) is 8.25. The summed E-state index contributed by atoms with van der Waals surface area (Å²) in [6, 6.07) is 5.69. The fraction of sp³-hybridized carbons (Fsp3) is 0.412. The van der Waals surface area contributed by atoms with E-state index in [9.17, 15) is 18.0 Å². The lowest BCUT2D eigenvalue weighted by Gasteiger charge is -2.47. The molecule has 2 aliphatic rings. The smallest absolute Gasteiger partial charge is 0.258 e. The molecule has 0 radical (unpaired) electrons. The van der Waals surface area contributed by atoms with E-state index in [0.29, 0.717) is 17.6 Å². The molecule has 2 fully saturated rings. The van der Waals surface area contributed by atoms with E-state index in [2.05, 4.69) is 10.0 Å². The van der Waals surface area contributed by atoms with Gasteiger partial charge in [-0.15, -0.1) is 0 Å². The molecule has 138 valence electrons. The molecule has 1 saturated carbocycles. The predicted octanol–water partition coefficient (Wildman–Crippen LogP) is 0.228. The van der Waals surface area contributed by atoms with Gasteiger partial charge in [0, 0.05) is 12.5 Å². The number of sulfonamides is 1. The van der Waals surface area contributed by atoms with E-state index in [1.165, 1.54) is 0 Å². The Bertz CT molecular complexity index is 1030. The number of carbonyl (C=O) groups excluding carboxylic acids is 1. The van der Waals surface area contributed by atoms with E-state index in [0.717, 1.165) is 18.9 Å². The van der Waals surface area contributed by atoms with Crippen LogP contribution in [0.25, 0.3) is 11.0 Å². The third-order valence-corrected chi connectivity index (χ3v) is 5.66. The van der Waals surface area contributed by atoms with Gasteiger partial charge < -0.3 is 14.5 Å². The van der Waals surface area contributed by atoms with Gasteiger partial charge in [-0.1, -0.05) is 12.1 Å². The van der Waals surface area contributed by atoms with Crippen LogP contribution in [0.4, 0.5) is 0 Å². The summed E-state index contributed by atoms with van der Waals surface area (Å²) in [5.41, 5.74) is -0.127. The van der Waals surface area contributed by atoms with E-state index in [1.54, 1.807) is 24.3 Å². The minimum absolute atomic E-state index is 0.0192. The Morgan fingerprint density at radius 1 is 1.23 bits per heavy atom. The molecule has 8 nitrogen and oxygen atoms in total. The number of benzene rings is 1. The zero-order valence-electron chi connectivity index (χ0n) is 14.0. The lowest BCUT2D eigenvalue weighted by molar-refractivity contribution is -0.0194. The fourth-order valence-corrected chi connectivity index (χ4v) is 4.53. The highest BCUT2D eigenvalue weighted by Crippen LogP contribution is 2.39. The number of fused-ring (bicyclic) bond motifs is 2. The van der Waals surface area contributed by atoms with Crippen molar-refractivity contribution in [1.29, 1.82) is 0 Å². The van der Waals surface area contributed by atoms with Crippen molar-refractivity contribution in [1.82, 2.24) is 10.0 Å². The molecule has 4 rings (SSSR count). The number of nitrogens with one attached hydrogen (secondary N) is 2. The molecule has 0 spiro atoms. The highest BCUT2D eigenvalue weighted by molar-refractivity contribution is 7.88. The van der Waals surface area contributed by atoms with E-state index < -0.39 is 33.4 Å². The molecule has 1 aromatic heterocycles. The molecular formula is C17H18N2O6S. The number of carbonyl (C=O) groups is 1. The Morgan fingerprint density at radius 3 is 2.77 bits per heavy atom. The Balaban J connectivity index is 1.59. The molecule has 4 atom stereocenters. The predicted molar refractivity (Wildman–Crippen MR) is 93.4 cm³/mol. The van der Waals surface area contributed by atoms with Crippen LogP contribution < -0.4 is 15.5 Å². The Kier molecular flexibility index (Phi) is 4.09. The highest BCUT2D eigenvalue weighted by Gasteiger charge is 2.55. The molecular weight excluding hydrogens is 360 g/mol. The van der Waals surface area contributed by atoms with Crippen molar-refractivity contribution in [3.63, 3.8) is 0 Å². The standard InChI is InChI=1S/C17H18N2O6S/c1-26(22,23)19-14-13(10-6-7-24-16(10)14)18-17(21)11-8-25-12-5-3-2-4-9(12)15(11)20/h2-5,8,10,13-14,16,19H,6-7H2,1H3,(H,18,21)/t10-,13+,14-,16-/m1/s1. The molecule has 26 heavy (non-hydrogen) atoms. The molecule has 2 N–H and O–H groups in total. The number of rotatable bonds is 4. The van der Waals surface area contributed by atoms with Gasteiger partial charge in [0.25, 0.3) is 5.91 Å². The van der Waals surface area contributed by atoms with Crippen LogP contribution in [-0.2, 0) is 14.8 Å². The second-order valence-electron chi connectivity index (χ2n) is 6.68. The molecule has 1 aliphatic carbocycles. The first-order chi connectivity index (χ1) is 12.3. The van der Waals surface area contributed by atoms with Crippen molar-refractivity contribution in [3.05, 3.63) is 46.3 Å². The third kappa shape index (κ3) is 2.91. The molecule has 0 bridgehead atoms. The number of hydrogen-bond acceptors (Lipinski definition) is 6. The van der Waals surface area contributed by atoms with E-state index in [4.69, 9.17) is 9.15 Å². The van der Waals surface area contributed by atoms with Gasteiger partial charge in [-0.2, -0.15) is 0 Å². The van der Waals surface area contributed by atoms with E-state index in [1.807, 2.05) is 0 Å². The van der Waals surface area contributed by atoms with Crippen molar-refractivity contribution in [3.8, 4) is 0 Å². The number of amides is 1. The maximum atomic E-state index is 12.6. The largest absolute Gasteiger partial charge is 0.463 e. The van der Waals surface area contributed by atoms with Crippen molar-refractivity contribution in [2.24, 2.45) is 5.92 Å². The molecule has 1 saturated heterocycles.